The SMILES string of the molecule is COC(=O)C[C@H]1O[C@@H](OCCCCCCCCCCCCCCCC(=O)NC[C@H](O)CO)[C@H](NC(C)=O)[C@@H](OC(C)=O)[C@@H]1OC(C)=O. The zero-order valence-electron chi connectivity index (χ0n) is 28.7. The second kappa shape index (κ2) is 25.2. The predicted molar refractivity (Wildman–Crippen MR) is 171 cm³/mol. The molecule has 1 heterocycles. The molecule has 0 radical (unpaired) electrons. The summed E-state index contributed by atoms with van der Waals surface area (Å²) in [5.74, 6) is -2.45. The molecule has 1 saturated heterocycles. The molecule has 1 aliphatic rings. The number of hydrogen-bond donors (Lipinski definition) is 4. The van der Waals surface area contributed by atoms with Gasteiger partial charge in [-0.3, -0.25) is 24.0 Å². The molecule has 1 rings (SSSR count). The topological polar surface area (TPSA) is 196 Å². The van der Waals surface area contributed by atoms with E-state index in [9.17, 15) is 29.1 Å². The number of hydrogen-bond acceptors (Lipinski definition) is 12. The van der Waals surface area contributed by atoms with E-state index in [4.69, 9.17) is 28.8 Å². The minimum absolute atomic E-state index is 0.0878. The number of carbonyl (C=O) groups excluding carboxylic acids is 5. The Morgan fingerprint density at radius 3 is 1.77 bits per heavy atom. The van der Waals surface area contributed by atoms with Gasteiger partial charge in [-0.25, -0.2) is 0 Å². The maximum absolute atomic E-state index is 12.1. The van der Waals surface area contributed by atoms with Crippen LogP contribution in [0.4, 0.5) is 0 Å². The Labute approximate surface area is 278 Å². The van der Waals surface area contributed by atoms with Crippen molar-refractivity contribution in [2.75, 3.05) is 26.9 Å². The van der Waals surface area contributed by atoms with Gasteiger partial charge in [0.2, 0.25) is 11.8 Å². The van der Waals surface area contributed by atoms with Crippen LogP contribution in [0.3, 0.4) is 0 Å². The highest BCUT2D eigenvalue weighted by molar-refractivity contribution is 5.76. The molecule has 0 bridgehead atoms. The minimum atomic E-state index is -1.17. The van der Waals surface area contributed by atoms with Crippen molar-refractivity contribution in [3.63, 3.8) is 0 Å². The lowest BCUT2D eigenvalue weighted by atomic mass is 9.94. The fraction of sp³-hybridized carbons (Fsp3) is 0.848. The summed E-state index contributed by atoms with van der Waals surface area (Å²) in [7, 11) is 1.22. The number of methoxy groups -OCH3 is 1. The first-order chi connectivity index (χ1) is 22.5. The van der Waals surface area contributed by atoms with Crippen LogP contribution < -0.4 is 10.6 Å². The first-order valence-corrected chi connectivity index (χ1v) is 17.0. The highest BCUT2D eigenvalue weighted by atomic mass is 16.7. The van der Waals surface area contributed by atoms with Gasteiger partial charge in [0.15, 0.2) is 18.5 Å². The maximum Gasteiger partial charge on any atom is 0.308 e. The fourth-order valence-electron chi connectivity index (χ4n) is 5.43. The van der Waals surface area contributed by atoms with E-state index in [-0.39, 0.29) is 25.5 Å². The van der Waals surface area contributed by atoms with Crippen LogP contribution in [0.5, 0.6) is 0 Å². The number of aliphatic hydroxyl groups is 2. The summed E-state index contributed by atoms with van der Waals surface area (Å²) >= 11 is 0. The van der Waals surface area contributed by atoms with Gasteiger partial charge in [0.05, 0.1) is 26.2 Å². The molecule has 4 N–H and O–H groups in total. The average Bonchev–Trinajstić information content (AvgIpc) is 3.01. The molecule has 6 atom stereocenters. The number of nitrogens with one attached hydrogen (secondary N) is 2. The summed E-state index contributed by atoms with van der Waals surface area (Å²) in [6.45, 7) is 3.72. The molecule has 272 valence electrons. The standard InChI is InChI=1S/C33H58N2O12/c1-23(37)35-30-32(46-25(3)39)31(45-24(2)38)27(20-29(42)43-4)47-33(30)44-19-17-15-13-11-9-7-5-6-8-10-12-14-16-18-28(41)34-21-26(40)22-36/h26-27,30-33,36,40H,5-22H2,1-4H3,(H,34,41)(H,35,37)/t26-,27+,30+,31+,32+,33+/m0/s1. The predicted octanol–water partition coefficient (Wildman–Crippen LogP) is 2.59. The van der Waals surface area contributed by atoms with Crippen LogP contribution in [-0.2, 0) is 47.7 Å². The van der Waals surface area contributed by atoms with Gasteiger partial charge in [-0.15, -0.1) is 0 Å². The van der Waals surface area contributed by atoms with E-state index in [0.717, 1.165) is 57.8 Å². The van der Waals surface area contributed by atoms with Crippen molar-refractivity contribution in [3.05, 3.63) is 0 Å². The molecule has 2 amide bonds. The van der Waals surface area contributed by atoms with E-state index in [1.54, 1.807) is 0 Å². The lowest BCUT2D eigenvalue weighted by Gasteiger charge is -2.45. The Kier molecular flexibility index (Phi) is 22.7. The van der Waals surface area contributed by atoms with E-state index in [1.165, 1.54) is 53.6 Å². The average molecular weight is 675 g/mol. The van der Waals surface area contributed by atoms with Crippen LogP contribution in [-0.4, -0.2) is 104 Å². The van der Waals surface area contributed by atoms with Gasteiger partial charge in [-0.1, -0.05) is 70.6 Å². The molecular weight excluding hydrogens is 616 g/mol. The third-order valence-electron chi connectivity index (χ3n) is 7.79. The van der Waals surface area contributed by atoms with Crippen molar-refractivity contribution in [1.82, 2.24) is 10.6 Å². The van der Waals surface area contributed by atoms with Gasteiger partial charge < -0.3 is 44.5 Å². The van der Waals surface area contributed by atoms with Gasteiger partial charge in [-0.05, 0) is 12.8 Å². The lowest BCUT2D eigenvalue weighted by molar-refractivity contribution is -0.272. The van der Waals surface area contributed by atoms with Crippen molar-refractivity contribution < 1.29 is 57.9 Å². The van der Waals surface area contributed by atoms with Crippen LogP contribution in [0, 0.1) is 0 Å². The van der Waals surface area contributed by atoms with E-state index >= 15 is 0 Å². The van der Waals surface area contributed by atoms with Gasteiger partial charge in [0.25, 0.3) is 0 Å². The van der Waals surface area contributed by atoms with E-state index in [2.05, 4.69) is 10.6 Å². The van der Waals surface area contributed by atoms with Crippen molar-refractivity contribution in [1.29, 1.82) is 0 Å². The van der Waals surface area contributed by atoms with E-state index in [0.29, 0.717) is 13.0 Å². The third kappa shape index (κ3) is 19.6. The summed E-state index contributed by atoms with van der Waals surface area (Å²) < 4.78 is 27.6. The molecule has 14 nitrogen and oxygen atoms in total. The van der Waals surface area contributed by atoms with Gasteiger partial charge in [-0.2, -0.15) is 0 Å². The molecule has 1 aliphatic heterocycles. The normalized spacial score (nSPS) is 21.4. The quantitative estimate of drug-likeness (QED) is 0.0629. The van der Waals surface area contributed by atoms with Crippen molar-refractivity contribution in [3.8, 4) is 0 Å². The van der Waals surface area contributed by atoms with Crippen LogP contribution >= 0.6 is 0 Å². The first kappa shape index (κ1) is 42.2. The molecule has 0 aliphatic carbocycles. The molecule has 0 aromatic heterocycles. The molecule has 0 aromatic carbocycles. The molecule has 0 aromatic rings. The molecule has 0 spiro atoms. The second-order valence-electron chi connectivity index (χ2n) is 12.1. The highest BCUT2D eigenvalue weighted by Gasteiger charge is 2.51. The Bertz CT molecular complexity index is 933. The molecular formula is C33H58N2O12. The van der Waals surface area contributed by atoms with Crippen LogP contribution in [0.15, 0.2) is 0 Å². The highest BCUT2D eigenvalue weighted by Crippen LogP contribution is 2.29. The summed E-state index contributed by atoms with van der Waals surface area (Å²) in [6, 6.07) is -0.972. The number of rotatable bonds is 25. The molecule has 0 unspecified atom stereocenters. The Morgan fingerprint density at radius 2 is 1.28 bits per heavy atom. The molecule has 47 heavy (non-hydrogen) atoms. The number of carbonyl (C=O) groups is 5. The number of unbranched alkanes of at least 4 members (excludes halogenated alkanes) is 12. The Balaban J connectivity index is 2.33. The van der Waals surface area contributed by atoms with E-state index in [1.807, 2.05) is 0 Å². The molecule has 0 saturated carbocycles. The van der Waals surface area contributed by atoms with Crippen molar-refractivity contribution in [2.45, 2.75) is 154 Å². The van der Waals surface area contributed by atoms with Gasteiger partial charge >= 0.3 is 17.9 Å². The van der Waals surface area contributed by atoms with Gasteiger partial charge in [0.1, 0.15) is 12.1 Å². The second-order valence-corrected chi connectivity index (χ2v) is 12.1. The largest absolute Gasteiger partial charge is 0.469 e. The van der Waals surface area contributed by atoms with Crippen LogP contribution in [0.2, 0.25) is 0 Å². The Morgan fingerprint density at radius 1 is 0.766 bits per heavy atom. The summed E-state index contributed by atoms with van der Waals surface area (Å²) in [5, 5.41) is 23.3. The minimum Gasteiger partial charge on any atom is -0.469 e. The monoisotopic (exact) mass is 674 g/mol. The Hall–Kier alpha value is -2.81. The zero-order chi connectivity index (χ0) is 35.0. The fourth-order valence-corrected chi connectivity index (χ4v) is 5.43. The van der Waals surface area contributed by atoms with Crippen LogP contribution in [0.1, 0.15) is 117 Å². The third-order valence-corrected chi connectivity index (χ3v) is 7.79. The number of ether oxygens (including phenoxy) is 5. The lowest BCUT2D eigenvalue weighted by Crippen LogP contribution is -2.66. The van der Waals surface area contributed by atoms with Crippen molar-refractivity contribution in [2.24, 2.45) is 0 Å². The number of amides is 2. The number of esters is 3. The summed E-state index contributed by atoms with van der Waals surface area (Å²) in [5.41, 5.74) is 0. The maximum atomic E-state index is 12.1. The number of aliphatic hydroxyl groups excluding tert-OH is 2. The summed E-state index contributed by atoms with van der Waals surface area (Å²) in [6.07, 6.45) is 8.76. The summed E-state index contributed by atoms with van der Waals surface area (Å²) in [4.78, 5) is 59.6. The van der Waals surface area contributed by atoms with Crippen molar-refractivity contribution >= 4 is 29.7 Å². The molecule has 14 heteroatoms. The first-order valence-electron chi connectivity index (χ1n) is 17.0. The zero-order valence-corrected chi connectivity index (χ0v) is 28.7. The van der Waals surface area contributed by atoms with E-state index < -0.39 is 60.6 Å². The van der Waals surface area contributed by atoms with Crippen LogP contribution in [0.25, 0.3) is 0 Å². The smallest absolute Gasteiger partial charge is 0.308 e. The molecule has 1 fully saturated rings. The van der Waals surface area contributed by atoms with Gasteiger partial charge in [0, 0.05) is 40.3 Å².